The molecular weight excluding hydrogens is 268 g/mol. The van der Waals surface area contributed by atoms with E-state index in [1.54, 1.807) is 7.05 Å². The molecule has 2 aromatic rings. The fourth-order valence-corrected chi connectivity index (χ4v) is 2.86. The standard InChI is InChI=1S/C15H18N4O2/c1-19(9-13-16-10-17-18-13)14(20)15(21)7-6-11-4-2-3-5-12(11)8-15/h2-5,10,21H,6-9H2,1H3,(H,16,17,18). The van der Waals surface area contributed by atoms with E-state index in [2.05, 4.69) is 21.2 Å². The van der Waals surface area contributed by atoms with E-state index in [1.807, 2.05) is 18.2 Å². The summed E-state index contributed by atoms with van der Waals surface area (Å²) in [5.74, 6) is 0.332. The number of H-pyrrole nitrogens is 1. The SMILES string of the molecule is CN(Cc1ncn[nH]1)C(=O)C1(O)CCc2ccccc2C1. The van der Waals surface area contributed by atoms with Gasteiger partial charge in [-0.25, -0.2) is 4.98 Å². The minimum atomic E-state index is -1.33. The lowest BCUT2D eigenvalue weighted by molar-refractivity contribution is -0.151. The topological polar surface area (TPSA) is 82.1 Å². The maximum Gasteiger partial charge on any atom is 0.255 e. The molecule has 1 aliphatic carbocycles. The molecule has 1 heterocycles. The van der Waals surface area contributed by atoms with E-state index >= 15 is 0 Å². The molecule has 2 N–H and O–H groups in total. The molecule has 0 bridgehead atoms. The molecule has 1 unspecified atom stereocenters. The minimum absolute atomic E-state index is 0.270. The number of aromatic nitrogens is 3. The van der Waals surface area contributed by atoms with Crippen LogP contribution in [0.15, 0.2) is 30.6 Å². The third-order valence-electron chi connectivity index (χ3n) is 4.01. The monoisotopic (exact) mass is 286 g/mol. The predicted octanol–water partition coefficient (Wildman–Crippen LogP) is 0.683. The van der Waals surface area contributed by atoms with Gasteiger partial charge in [0.15, 0.2) is 0 Å². The largest absolute Gasteiger partial charge is 0.380 e. The Labute approximate surface area is 122 Å². The van der Waals surface area contributed by atoms with Crippen LogP contribution < -0.4 is 0 Å². The number of hydrogen-bond acceptors (Lipinski definition) is 4. The smallest absolute Gasteiger partial charge is 0.255 e. The number of aromatic amines is 1. The average Bonchev–Trinajstić information content (AvgIpc) is 2.99. The highest BCUT2D eigenvalue weighted by Crippen LogP contribution is 2.30. The summed E-state index contributed by atoms with van der Waals surface area (Å²) in [6, 6.07) is 7.95. The second-order valence-corrected chi connectivity index (χ2v) is 5.57. The van der Waals surface area contributed by atoms with Crippen molar-refractivity contribution < 1.29 is 9.90 Å². The van der Waals surface area contributed by atoms with Crippen LogP contribution in [0.2, 0.25) is 0 Å². The third-order valence-corrected chi connectivity index (χ3v) is 4.01. The van der Waals surface area contributed by atoms with Crippen molar-refractivity contribution in [3.8, 4) is 0 Å². The van der Waals surface area contributed by atoms with Crippen molar-refractivity contribution in [2.45, 2.75) is 31.4 Å². The van der Waals surface area contributed by atoms with Crippen LogP contribution in [0.1, 0.15) is 23.4 Å². The van der Waals surface area contributed by atoms with Crippen LogP contribution in [0.25, 0.3) is 0 Å². The van der Waals surface area contributed by atoms with E-state index < -0.39 is 5.60 Å². The fraction of sp³-hybridized carbons (Fsp3) is 0.400. The quantitative estimate of drug-likeness (QED) is 0.869. The zero-order chi connectivity index (χ0) is 14.9. The van der Waals surface area contributed by atoms with Gasteiger partial charge < -0.3 is 10.0 Å². The van der Waals surface area contributed by atoms with Crippen LogP contribution in [0.4, 0.5) is 0 Å². The highest BCUT2D eigenvalue weighted by molar-refractivity contribution is 5.85. The second kappa shape index (κ2) is 5.29. The van der Waals surface area contributed by atoms with Crippen LogP contribution in [0.3, 0.4) is 0 Å². The van der Waals surface area contributed by atoms with Crippen molar-refractivity contribution in [3.63, 3.8) is 0 Å². The Morgan fingerprint density at radius 1 is 1.43 bits per heavy atom. The van der Waals surface area contributed by atoms with Gasteiger partial charge in [0.1, 0.15) is 17.8 Å². The zero-order valence-corrected chi connectivity index (χ0v) is 11.9. The summed E-state index contributed by atoms with van der Waals surface area (Å²) in [4.78, 5) is 18.1. The van der Waals surface area contributed by atoms with Gasteiger partial charge in [-0.2, -0.15) is 5.10 Å². The lowest BCUT2D eigenvalue weighted by Crippen LogP contribution is -2.50. The number of likely N-dealkylation sites (N-methyl/N-ethyl adjacent to an activating group) is 1. The average molecular weight is 286 g/mol. The fourth-order valence-electron chi connectivity index (χ4n) is 2.86. The Hall–Kier alpha value is -2.21. The molecule has 1 atom stereocenters. The molecule has 1 aromatic carbocycles. The molecule has 6 nitrogen and oxygen atoms in total. The van der Waals surface area contributed by atoms with Crippen molar-refractivity contribution in [2.75, 3.05) is 7.05 Å². The number of amides is 1. The molecular formula is C15H18N4O2. The van der Waals surface area contributed by atoms with Gasteiger partial charge in [-0.05, 0) is 24.0 Å². The van der Waals surface area contributed by atoms with Crippen molar-refractivity contribution >= 4 is 5.91 Å². The van der Waals surface area contributed by atoms with Crippen molar-refractivity contribution in [3.05, 3.63) is 47.5 Å². The summed E-state index contributed by atoms with van der Waals surface area (Å²) in [5, 5.41) is 17.2. The van der Waals surface area contributed by atoms with Crippen LogP contribution in [-0.2, 0) is 24.2 Å². The molecule has 0 spiro atoms. The molecule has 1 aliphatic rings. The van der Waals surface area contributed by atoms with E-state index in [9.17, 15) is 9.90 Å². The Balaban J connectivity index is 1.75. The van der Waals surface area contributed by atoms with Gasteiger partial charge in [-0.3, -0.25) is 9.89 Å². The Morgan fingerprint density at radius 3 is 2.90 bits per heavy atom. The number of rotatable bonds is 3. The maximum atomic E-state index is 12.6. The van der Waals surface area contributed by atoms with Gasteiger partial charge in [0, 0.05) is 13.5 Å². The molecule has 0 fully saturated rings. The van der Waals surface area contributed by atoms with E-state index in [-0.39, 0.29) is 5.91 Å². The van der Waals surface area contributed by atoms with E-state index in [1.165, 1.54) is 16.8 Å². The first-order chi connectivity index (χ1) is 10.1. The van der Waals surface area contributed by atoms with Crippen molar-refractivity contribution in [2.24, 2.45) is 0 Å². The number of nitrogens with one attached hydrogen (secondary N) is 1. The van der Waals surface area contributed by atoms with Gasteiger partial charge in [0.2, 0.25) is 0 Å². The lowest BCUT2D eigenvalue weighted by Gasteiger charge is -2.35. The highest BCUT2D eigenvalue weighted by atomic mass is 16.3. The molecule has 6 heteroatoms. The summed E-state index contributed by atoms with van der Waals surface area (Å²) >= 11 is 0. The van der Waals surface area contributed by atoms with E-state index in [0.717, 1.165) is 5.56 Å². The van der Waals surface area contributed by atoms with Crippen molar-refractivity contribution in [1.29, 1.82) is 0 Å². The van der Waals surface area contributed by atoms with Gasteiger partial charge in [0.25, 0.3) is 5.91 Å². The van der Waals surface area contributed by atoms with Crippen LogP contribution in [-0.4, -0.2) is 43.7 Å². The molecule has 3 rings (SSSR count). The normalized spacial score (nSPS) is 20.9. The number of nitrogens with zero attached hydrogens (tertiary/aromatic N) is 3. The van der Waals surface area contributed by atoms with Gasteiger partial charge in [-0.1, -0.05) is 24.3 Å². The summed E-state index contributed by atoms with van der Waals surface area (Å²) in [6.45, 7) is 0.308. The molecule has 110 valence electrons. The first-order valence-electron chi connectivity index (χ1n) is 6.97. The Bertz CT molecular complexity index is 641. The number of carbonyl (C=O) groups excluding carboxylic acids is 1. The summed E-state index contributed by atoms with van der Waals surface area (Å²) in [6.07, 6.45) is 2.93. The molecule has 0 radical (unpaired) electrons. The predicted molar refractivity (Wildman–Crippen MR) is 76.3 cm³/mol. The minimum Gasteiger partial charge on any atom is -0.380 e. The van der Waals surface area contributed by atoms with E-state index in [4.69, 9.17) is 0 Å². The highest BCUT2D eigenvalue weighted by Gasteiger charge is 2.40. The molecule has 0 saturated carbocycles. The first kappa shape index (κ1) is 13.8. The number of aryl methyl sites for hydroxylation is 1. The van der Waals surface area contributed by atoms with Gasteiger partial charge >= 0.3 is 0 Å². The molecule has 0 aliphatic heterocycles. The van der Waals surface area contributed by atoms with Crippen LogP contribution in [0, 0.1) is 0 Å². The maximum absolute atomic E-state index is 12.6. The number of carbonyl (C=O) groups is 1. The summed E-state index contributed by atoms with van der Waals surface area (Å²) in [7, 11) is 1.67. The second-order valence-electron chi connectivity index (χ2n) is 5.57. The molecule has 21 heavy (non-hydrogen) atoms. The van der Waals surface area contributed by atoms with Crippen LogP contribution in [0.5, 0.6) is 0 Å². The number of aliphatic hydroxyl groups is 1. The van der Waals surface area contributed by atoms with Crippen LogP contribution >= 0.6 is 0 Å². The Kier molecular flexibility index (Phi) is 3.47. The number of fused-ring (bicyclic) bond motifs is 1. The number of benzene rings is 1. The zero-order valence-electron chi connectivity index (χ0n) is 11.9. The van der Waals surface area contributed by atoms with Gasteiger partial charge in [0.05, 0.1) is 6.54 Å². The Morgan fingerprint density at radius 2 is 2.19 bits per heavy atom. The lowest BCUT2D eigenvalue weighted by atomic mass is 9.79. The molecule has 1 amide bonds. The summed E-state index contributed by atoms with van der Waals surface area (Å²) < 4.78 is 0. The third kappa shape index (κ3) is 2.67. The molecule has 1 aromatic heterocycles. The molecule has 0 saturated heterocycles. The first-order valence-corrected chi connectivity index (χ1v) is 6.97. The summed E-state index contributed by atoms with van der Waals surface area (Å²) in [5.41, 5.74) is 0.934. The number of hydrogen-bond donors (Lipinski definition) is 2. The van der Waals surface area contributed by atoms with E-state index in [0.29, 0.717) is 31.6 Å². The van der Waals surface area contributed by atoms with Crippen molar-refractivity contribution in [1.82, 2.24) is 20.1 Å². The van der Waals surface area contributed by atoms with Gasteiger partial charge in [-0.15, -0.1) is 0 Å².